The van der Waals surface area contributed by atoms with Crippen LogP contribution in [-0.2, 0) is 19.6 Å². The summed E-state index contributed by atoms with van der Waals surface area (Å²) in [6.07, 6.45) is -0.199. The van der Waals surface area contributed by atoms with Gasteiger partial charge in [-0.1, -0.05) is 54.6 Å². The van der Waals surface area contributed by atoms with Crippen LogP contribution in [-0.4, -0.2) is 30.6 Å². The second-order valence-corrected chi connectivity index (χ2v) is 9.99. The normalized spacial score (nSPS) is 18.2. The number of anilines is 1. The number of carbonyl (C=O) groups excluding carboxylic acids is 2. The van der Waals surface area contributed by atoms with Crippen LogP contribution in [0.4, 0.5) is 5.69 Å². The molecule has 6 nitrogen and oxygen atoms in total. The highest BCUT2D eigenvalue weighted by atomic mass is 32.2. The summed E-state index contributed by atoms with van der Waals surface area (Å²) < 4.78 is 28.4. The molecule has 2 heterocycles. The molecule has 2 aromatic carbocycles. The first-order valence-corrected chi connectivity index (χ1v) is 11.8. The average molecular weight is 441 g/mol. The summed E-state index contributed by atoms with van der Waals surface area (Å²) in [6, 6.07) is 19.1. The number of nitrogens with zero attached hydrogens (tertiary/aromatic N) is 2. The molecule has 2 unspecified atom stereocenters. The molecule has 30 heavy (non-hydrogen) atoms. The molecule has 1 aromatic heterocycles. The van der Waals surface area contributed by atoms with Crippen molar-refractivity contribution in [2.75, 3.05) is 4.90 Å². The molecule has 1 aliphatic rings. The third-order valence-corrected chi connectivity index (χ3v) is 8.49. The van der Waals surface area contributed by atoms with Crippen LogP contribution >= 0.6 is 11.3 Å². The highest BCUT2D eigenvalue weighted by Gasteiger charge is 2.49. The fraction of sp³-hybridized carbons (Fsp3) is 0.182. The van der Waals surface area contributed by atoms with Gasteiger partial charge < -0.3 is 0 Å². The maximum atomic E-state index is 13.5. The molecule has 8 heteroatoms. The smallest absolute Gasteiger partial charge is 0.253 e. The molecule has 1 saturated heterocycles. The number of sulfonamides is 1. The fourth-order valence-electron chi connectivity index (χ4n) is 3.70. The Balaban J connectivity index is 1.79. The number of hydrogen-bond donors (Lipinski definition) is 0. The van der Waals surface area contributed by atoms with Gasteiger partial charge in [0, 0.05) is 6.04 Å². The van der Waals surface area contributed by atoms with E-state index < -0.39 is 33.9 Å². The summed E-state index contributed by atoms with van der Waals surface area (Å²) >= 11 is 1.09. The molecule has 2 atom stereocenters. The van der Waals surface area contributed by atoms with Gasteiger partial charge in [0.25, 0.3) is 15.9 Å². The Morgan fingerprint density at radius 2 is 1.60 bits per heavy atom. The summed E-state index contributed by atoms with van der Waals surface area (Å²) in [7, 11) is -4.00. The first-order chi connectivity index (χ1) is 14.4. The number of carbonyl (C=O) groups is 2. The summed E-state index contributed by atoms with van der Waals surface area (Å²) in [5.41, 5.74) is 1.19. The highest BCUT2D eigenvalue weighted by Crippen LogP contribution is 2.36. The second kappa shape index (κ2) is 8.14. The van der Waals surface area contributed by atoms with E-state index in [1.807, 2.05) is 30.3 Å². The quantitative estimate of drug-likeness (QED) is 0.546. The molecule has 0 N–H and O–H groups in total. The van der Waals surface area contributed by atoms with E-state index >= 15 is 0 Å². The Morgan fingerprint density at radius 3 is 2.20 bits per heavy atom. The van der Waals surface area contributed by atoms with Gasteiger partial charge in [-0.15, -0.1) is 11.3 Å². The number of para-hydroxylation sites is 1. The first kappa shape index (κ1) is 20.5. The standard InChI is InChI=1S/C22H20N2O4S2/c1-16(17-9-4-2-5-10-17)24(30(27,28)21-13-8-14-29-21)19-15-20(25)23(22(19)26)18-11-6-3-7-12-18/h2-14,16,19H,15H2,1H3. The van der Waals surface area contributed by atoms with Crippen molar-refractivity contribution in [2.24, 2.45) is 0 Å². The van der Waals surface area contributed by atoms with Crippen molar-refractivity contribution in [1.29, 1.82) is 0 Å². The van der Waals surface area contributed by atoms with Gasteiger partial charge in [0.15, 0.2) is 0 Å². The van der Waals surface area contributed by atoms with Gasteiger partial charge in [0.2, 0.25) is 5.91 Å². The highest BCUT2D eigenvalue weighted by molar-refractivity contribution is 7.91. The molecule has 1 aliphatic heterocycles. The molecule has 0 spiro atoms. The van der Waals surface area contributed by atoms with E-state index in [1.54, 1.807) is 48.7 Å². The minimum Gasteiger partial charge on any atom is -0.274 e. The summed E-state index contributed by atoms with van der Waals surface area (Å²) in [5, 5.41) is 1.68. The van der Waals surface area contributed by atoms with E-state index in [-0.39, 0.29) is 10.6 Å². The molecular formula is C22H20N2O4S2. The lowest BCUT2D eigenvalue weighted by molar-refractivity contribution is -0.122. The lowest BCUT2D eigenvalue weighted by Gasteiger charge is -2.32. The maximum Gasteiger partial charge on any atom is 0.253 e. The fourth-order valence-corrected chi connectivity index (χ4v) is 6.56. The van der Waals surface area contributed by atoms with Crippen LogP contribution < -0.4 is 4.90 Å². The van der Waals surface area contributed by atoms with E-state index in [0.29, 0.717) is 5.69 Å². The number of rotatable bonds is 6. The van der Waals surface area contributed by atoms with Crippen molar-refractivity contribution in [3.63, 3.8) is 0 Å². The van der Waals surface area contributed by atoms with E-state index in [1.165, 1.54) is 10.4 Å². The number of hydrogen-bond acceptors (Lipinski definition) is 5. The number of benzene rings is 2. The number of thiophene rings is 1. The molecule has 0 bridgehead atoms. The van der Waals surface area contributed by atoms with Gasteiger partial charge in [-0.05, 0) is 36.1 Å². The Labute approximate surface area is 179 Å². The van der Waals surface area contributed by atoms with Crippen molar-refractivity contribution in [3.05, 3.63) is 83.7 Å². The molecule has 0 radical (unpaired) electrons. The van der Waals surface area contributed by atoms with Crippen LogP contribution in [0.5, 0.6) is 0 Å². The van der Waals surface area contributed by atoms with Crippen LogP contribution in [0, 0.1) is 0 Å². The van der Waals surface area contributed by atoms with E-state index in [0.717, 1.165) is 21.8 Å². The maximum absolute atomic E-state index is 13.5. The molecule has 0 aliphatic carbocycles. The number of amides is 2. The predicted molar refractivity (Wildman–Crippen MR) is 116 cm³/mol. The molecule has 2 amide bonds. The van der Waals surface area contributed by atoms with Crippen molar-refractivity contribution in [1.82, 2.24) is 4.31 Å². The van der Waals surface area contributed by atoms with Crippen molar-refractivity contribution in [3.8, 4) is 0 Å². The Bertz CT molecular complexity index is 1150. The predicted octanol–water partition coefficient (Wildman–Crippen LogP) is 3.83. The third-order valence-electron chi connectivity index (χ3n) is 5.13. The minimum atomic E-state index is -4.00. The van der Waals surface area contributed by atoms with E-state index in [9.17, 15) is 18.0 Å². The molecular weight excluding hydrogens is 420 g/mol. The number of imide groups is 1. The summed E-state index contributed by atoms with van der Waals surface area (Å²) in [6.45, 7) is 1.74. The topological polar surface area (TPSA) is 74.8 Å². The van der Waals surface area contributed by atoms with Gasteiger partial charge in [-0.2, -0.15) is 4.31 Å². The van der Waals surface area contributed by atoms with E-state index in [4.69, 9.17) is 0 Å². The van der Waals surface area contributed by atoms with Crippen molar-refractivity contribution >= 4 is 38.9 Å². The van der Waals surface area contributed by atoms with Crippen molar-refractivity contribution < 1.29 is 18.0 Å². The summed E-state index contributed by atoms with van der Waals surface area (Å²) in [4.78, 5) is 27.2. The molecule has 4 rings (SSSR count). The Kier molecular flexibility index (Phi) is 5.55. The van der Waals surface area contributed by atoms with Gasteiger partial charge in [0.1, 0.15) is 10.3 Å². The lowest BCUT2D eigenvalue weighted by Crippen LogP contribution is -2.46. The lowest BCUT2D eigenvalue weighted by atomic mass is 10.1. The Morgan fingerprint density at radius 1 is 0.967 bits per heavy atom. The van der Waals surface area contributed by atoms with Gasteiger partial charge in [-0.3, -0.25) is 9.59 Å². The van der Waals surface area contributed by atoms with Crippen molar-refractivity contribution in [2.45, 2.75) is 29.6 Å². The Hall–Kier alpha value is -2.81. The summed E-state index contributed by atoms with van der Waals surface area (Å²) in [5.74, 6) is -0.947. The SMILES string of the molecule is CC(c1ccccc1)N(C1CC(=O)N(c2ccccc2)C1=O)S(=O)(=O)c1cccs1. The monoisotopic (exact) mass is 440 g/mol. The molecule has 3 aromatic rings. The van der Waals surface area contributed by atoms with Gasteiger partial charge in [0.05, 0.1) is 12.1 Å². The van der Waals surface area contributed by atoms with Gasteiger partial charge >= 0.3 is 0 Å². The molecule has 154 valence electrons. The largest absolute Gasteiger partial charge is 0.274 e. The average Bonchev–Trinajstić information content (AvgIpc) is 3.39. The van der Waals surface area contributed by atoms with Crippen LogP contribution in [0.3, 0.4) is 0 Å². The van der Waals surface area contributed by atoms with Crippen LogP contribution in [0.1, 0.15) is 24.9 Å². The zero-order chi connectivity index (χ0) is 21.3. The first-order valence-electron chi connectivity index (χ1n) is 9.45. The molecule has 0 saturated carbocycles. The second-order valence-electron chi connectivity index (χ2n) is 6.98. The van der Waals surface area contributed by atoms with Crippen LogP contribution in [0.25, 0.3) is 0 Å². The zero-order valence-electron chi connectivity index (χ0n) is 16.2. The minimum absolute atomic E-state index is 0.142. The van der Waals surface area contributed by atoms with Crippen LogP contribution in [0.15, 0.2) is 82.4 Å². The molecule has 1 fully saturated rings. The van der Waals surface area contributed by atoms with Crippen LogP contribution in [0.2, 0.25) is 0 Å². The zero-order valence-corrected chi connectivity index (χ0v) is 17.8. The third kappa shape index (κ3) is 3.58. The van der Waals surface area contributed by atoms with Gasteiger partial charge in [-0.25, -0.2) is 13.3 Å². The van der Waals surface area contributed by atoms with E-state index in [2.05, 4.69) is 0 Å².